The van der Waals surface area contributed by atoms with Crippen LogP contribution in [0.4, 0.5) is 0 Å². The van der Waals surface area contributed by atoms with Crippen LogP contribution < -0.4 is 0 Å². The molecule has 362 valence electrons. The van der Waals surface area contributed by atoms with Gasteiger partial charge in [-0.2, -0.15) is 0 Å². The first-order valence-electron chi connectivity index (χ1n) is 26.4. The van der Waals surface area contributed by atoms with Crippen molar-refractivity contribution >= 4 is 17.9 Å². The first-order valence-corrected chi connectivity index (χ1v) is 26.4. The number of ether oxygens (including phenoxy) is 3. The molecule has 0 aliphatic heterocycles. The second kappa shape index (κ2) is 51.5. The molecular formula is C57H98O6. The van der Waals surface area contributed by atoms with Crippen molar-refractivity contribution < 1.29 is 28.6 Å². The summed E-state index contributed by atoms with van der Waals surface area (Å²) in [4.78, 5) is 37.7. The van der Waals surface area contributed by atoms with Gasteiger partial charge in [0.1, 0.15) is 13.2 Å². The van der Waals surface area contributed by atoms with Gasteiger partial charge >= 0.3 is 17.9 Å². The lowest BCUT2D eigenvalue weighted by Crippen LogP contribution is -2.30. The van der Waals surface area contributed by atoms with Crippen LogP contribution in [0.3, 0.4) is 0 Å². The molecule has 0 aromatic rings. The maximum atomic E-state index is 12.7. The number of carbonyl (C=O) groups is 3. The number of unbranched alkanes of at least 4 members (excludes halogenated alkanes) is 24. The van der Waals surface area contributed by atoms with Crippen LogP contribution in [-0.4, -0.2) is 37.2 Å². The molecule has 0 N–H and O–H groups in total. The third kappa shape index (κ3) is 49.7. The van der Waals surface area contributed by atoms with Crippen molar-refractivity contribution in [2.24, 2.45) is 0 Å². The van der Waals surface area contributed by atoms with E-state index in [9.17, 15) is 14.4 Å². The highest BCUT2D eigenvalue weighted by Gasteiger charge is 2.19. The number of allylic oxidation sites excluding steroid dienone is 12. The van der Waals surface area contributed by atoms with Crippen molar-refractivity contribution in [1.29, 1.82) is 0 Å². The molecule has 0 fully saturated rings. The minimum absolute atomic E-state index is 0.0836. The van der Waals surface area contributed by atoms with E-state index in [0.29, 0.717) is 19.3 Å². The van der Waals surface area contributed by atoms with E-state index in [1.807, 2.05) is 0 Å². The Balaban J connectivity index is 4.18. The lowest BCUT2D eigenvalue weighted by Gasteiger charge is -2.18. The fraction of sp³-hybridized carbons (Fsp3) is 0.737. The van der Waals surface area contributed by atoms with Crippen LogP contribution in [0.25, 0.3) is 0 Å². The van der Waals surface area contributed by atoms with Crippen molar-refractivity contribution in [3.63, 3.8) is 0 Å². The van der Waals surface area contributed by atoms with Crippen LogP contribution >= 0.6 is 0 Å². The van der Waals surface area contributed by atoms with Crippen LogP contribution in [-0.2, 0) is 28.6 Å². The molecule has 63 heavy (non-hydrogen) atoms. The standard InChI is InChI=1S/C57H98O6/c1-4-7-10-13-15-17-19-21-23-25-27-28-30-31-33-35-37-39-41-44-47-50-56(59)62-53-54(52-61-55(58)49-46-43-12-9-6-3)63-57(60)51-48-45-42-40-38-36-34-32-29-26-24-22-20-18-16-14-11-8-5-2/h8,11,16,18-19,21-22,24-25,27,29,32,54H,4-7,9-10,12-15,17,20,23,26,28,30-31,33-53H2,1-3H3/b11-8-,18-16-,21-19-,24-22-,27-25-,32-29-. The highest BCUT2D eigenvalue weighted by molar-refractivity contribution is 5.71. The molecule has 0 aliphatic rings. The smallest absolute Gasteiger partial charge is 0.306 e. The molecule has 0 aromatic heterocycles. The molecule has 6 heteroatoms. The van der Waals surface area contributed by atoms with Crippen LogP contribution in [0.5, 0.6) is 0 Å². The van der Waals surface area contributed by atoms with Gasteiger partial charge in [0.05, 0.1) is 0 Å². The van der Waals surface area contributed by atoms with E-state index in [1.165, 1.54) is 103 Å². The first-order chi connectivity index (χ1) is 31.0. The van der Waals surface area contributed by atoms with Gasteiger partial charge in [0.2, 0.25) is 0 Å². The summed E-state index contributed by atoms with van der Waals surface area (Å²) in [5.41, 5.74) is 0. The van der Waals surface area contributed by atoms with E-state index in [-0.39, 0.29) is 31.1 Å². The second-order valence-corrected chi connectivity index (χ2v) is 17.4. The third-order valence-electron chi connectivity index (χ3n) is 11.2. The zero-order valence-corrected chi connectivity index (χ0v) is 41.3. The topological polar surface area (TPSA) is 78.9 Å². The SMILES string of the molecule is CC/C=C\C/C=C\C/C=C\C/C=C\CCCCCCCCC(=O)OC(COC(=O)CCCCCCC)COC(=O)CCCCCCCCCCC/C=C\C/C=C\CCCCCCC. The lowest BCUT2D eigenvalue weighted by atomic mass is 10.1. The zero-order chi connectivity index (χ0) is 45.8. The predicted molar refractivity (Wildman–Crippen MR) is 270 cm³/mol. The number of carbonyl (C=O) groups excluding carboxylic acids is 3. The second-order valence-electron chi connectivity index (χ2n) is 17.4. The quantitative estimate of drug-likeness (QED) is 0.0262. The van der Waals surface area contributed by atoms with E-state index in [2.05, 4.69) is 93.7 Å². The molecule has 0 aliphatic carbocycles. The summed E-state index contributed by atoms with van der Waals surface area (Å²) in [6.07, 6.45) is 64.9. The normalized spacial score (nSPS) is 12.6. The van der Waals surface area contributed by atoms with E-state index in [1.54, 1.807) is 0 Å². The minimum Gasteiger partial charge on any atom is -0.462 e. The van der Waals surface area contributed by atoms with Gasteiger partial charge in [0, 0.05) is 19.3 Å². The average molecular weight is 879 g/mol. The van der Waals surface area contributed by atoms with Gasteiger partial charge in [-0.1, -0.05) is 216 Å². The van der Waals surface area contributed by atoms with Gasteiger partial charge in [-0.15, -0.1) is 0 Å². The van der Waals surface area contributed by atoms with Gasteiger partial charge in [-0.25, -0.2) is 0 Å². The summed E-state index contributed by atoms with van der Waals surface area (Å²) in [5.74, 6) is -0.913. The summed E-state index contributed by atoms with van der Waals surface area (Å²) in [6.45, 7) is 6.42. The molecule has 0 amide bonds. The Morgan fingerprint density at radius 1 is 0.333 bits per heavy atom. The molecule has 1 unspecified atom stereocenters. The molecule has 0 aromatic carbocycles. The lowest BCUT2D eigenvalue weighted by molar-refractivity contribution is -0.167. The summed E-state index contributed by atoms with van der Waals surface area (Å²) >= 11 is 0. The Labute approximate surface area is 389 Å². The highest BCUT2D eigenvalue weighted by Crippen LogP contribution is 2.14. The monoisotopic (exact) mass is 879 g/mol. The third-order valence-corrected chi connectivity index (χ3v) is 11.2. The number of rotatable bonds is 47. The molecule has 1 atom stereocenters. The molecule has 0 saturated carbocycles. The zero-order valence-electron chi connectivity index (χ0n) is 41.3. The molecule has 0 heterocycles. The number of esters is 3. The van der Waals surface area contributed by atoms with Crippen molar-refractivity contribution in [1.82, 2.24) is 0 Å². The van der Waals surface area contributed by atoms with Crippen LogP contribution in [0.2, 0.25) is 0 Å². The van der Waals surface area contributed by atoms with E-state index in [0.717, 1.165) is 109 Å². The highest BCUT2D eigenvalue weighted by atomic mass is 16.6. The molecule has 0 radical (unpaired) electrons. The molecule has 6 nitrogen and oxygen atoms in total. The number of hydrogen-bond acceptors (Lipinski definition) is 6. The number of hydrogen-bond donors (Lipinski definition) is 0. The maximum Gasteiger partial charge on any atom is 0.306 e. The van der Waals surface area contributed by atoms with Crippen molar-refractivity contribution in [3.8, 4) is 0 Å². The Hall–Kier alpha value is -3.15. The van der Waals surface area contributed by atoms with Crippen molar-refractivity contribution in [3.05, 3.63) is 72.9 Å². The van der Waals surface area contributed by atoms with Crippen molar-refractivity contribution in [2.75, 3.05) is 13.2 Å². The fourth-order valence-corrected chi connectivity index (χ4v) is 7.23. The summed E-state index contributed by atoms with van der Waals surface area (Å²) in [5, 5.41) is 0. The molecule has 0 spiro atoms. The van der Waals surface area contributed by atoms with Gasteiger partial charge in [-0.3, -0.25) is 14.4 Å². The van der Waals surface area contributed by atoms with Gasteiger partial charge < -0.3 is 14.2 Å². The van der Waals surface area contributed by atoms with Gasteiger partial charge in [0.25, 0.3) is 0 Å². The van der Waals surface area contributed by atoms with Crippen LogP contribution in [0.15, 0.2) is 72.9 Å². The summed E-state index contributed by atoms with van der Waals surface area (Å²) in [7, 11) is 0. The van der Waals surface area contributed by atoms with E-state index < -0.39 is 6.10 Å². The fourth-order valence-electron chi connectivity index (χ4n) is 7.23. The van der Waals surface area contributed by atoms with E-state index in [4.69, 9.17) is 14.2 Å². The summed E-state index contributed by atoms with van der Waals surface area (Å²) < 4.78 is 16.7. The molecular weight excluding hydrogens is 781 g/mol. The first kappa shape index (κ1) is 59.9. The van der Waals surface area contributed by atoms with Crippen LogP contribution in [0, 0.1) is 0 Å². The summed E-state index contributed by atoms with van der Waals surface area (Å²) in [6, 6.07) is 0. The molecule has 0 saturated heterocycles. The van der Waals surface area contributed by atoms with Gasteiger partial charge in [0.15, 0.2) is 6.10 Å². The van der Waals surface area contributed by atoms with E-state index >= 15 is 0 Å². The van der Waals surface area contributed by atoms with Crippen LogP contribution in [0.1, 0.15) is 252 Å². The Bertz CT molecular complexity index is 1190. The Morgan fingerprint density at radius 2 is 0.619 bits per heavy atom. The van der Waals surface area contributed by atoms with Crippen molar-refractivity contribution in [2.45, 2.75) is 258 Å². The van der Waals surface area contributed by atoms with Gasteiger partial charge in [-0.05, 0) is 89.9 Å². The Kier molecular flexibility index (Phi) is 48.9. The Morgan fingerprint density at radius 3 is 0.968 bits per heavy atom. The average Bonchev–Trinajstić information content (AvgIpc) is 3.28. The molecule has 0 rings (SSSR count). The molecule has 0 bridgehead atoms. The predicted octanol–water partition coefficient (Wildman–Crippen LogP) is 17.4. The largest absolute Gasteiger partial charge is 0.462 e. The maximum absolute atomic E-state index is 12.7. The minimum atomic E-state index is -0.781.